The fraction of sp³-hybridized carbons (Fsp3) is 0.273. The number of nitrogen functional groups attached to an aromatic ring is 1. The zero-order chi connectivity index (χ0) is 14.6. The average Bonchev–Trinajstić information content (AvgIpc) is 2.86. The Kier molecular flexibility index (Phi) is 4.20. The van der Waals surface area contributed by atoms with Crippen LogP contribution >= 0.6 is 0 Å². The molecule has 9 heteroatoms. The third kappa shape index (κ3) is 3.93. The molecule has 0 atom stereocenters. The summed E-state index contributed by atoms with van der Waals surface area (Å²) in [7, 11) is -3.76. The highest BCUT2D eigenvalue weighted by Gasteiger charge is 2.09. The van der Waals surface area contributed by atoms with Crippen LogP contribution in [-0.2, 0) is 16.4 Å². The molecule has 1 aromatic heterocycles. The van der Waals surface area contributed by atoms with Crippen molar-refractivity contribution in [1.82, 2.24) is 15.2 Å². The molecule has 0 unspecified atom stereocenters. The molecule has 20 heavy (non-hydrogen) atoms. The van der Waals surface area contributed by atoms with Gasteiger partial charge in [-0.15, -0.1) is 0 Å². The average molecular weight is 296 g/mol. The first-order valence-electron chi connectivity index (χ1n) is 5.96. The van der Waals surface area contributed by atoms with Crippen molar-refractivity contribution in [3.8, 4) is 0 Å². The van der Waals surface area contributed by atoms with Gasteiger partial charge < -0.3 is 11.1 Å². The predicted octanol–water partition coefficient (Wildman–Crippen LogP) is 0.0790. The van der Waals surface area contributed by atoms with Crippen LogP contribution in [-0.4, -0.2) is 30.1 Å². The Morgan fingerprint density at radius 2 is 2.10 bits per heavy atom. The third-order valence-corrected chi connectivity index (χ3v) is 3.53. The number of anilines is 2. The maximum Gasteiger partial charge on any atom is 0.238 e. The molecule has 2 aromatic rings. The predicted molar refractivity (Wildman–Crippen MR) is 75.4 cm³/mol. The van der Waals surface area contributed by atoms with Crippen molar-refractivity contribution in [3.05, 3.63) is 30.4 Å². The van der Waals surface area contributed by atoms with Gasteiger partial charge in [0.2, 0.25) is 10.0 Å². The first-order valence-corrected chi connectivity index (χ1v) is 7.51. The van der Waals surface area contributed by atoms with Gasteiger partial charge in [-0.1, -0.05) is 0 Å². The summed E-state index contributed by atoms with van der Waals surface area (Å²) in [5, 5.41) is 14.7. The number of aromatic amines is 1. The number of hydrogen-bond donors (Lipinski definition) is 4. The van der Waals surface area contributed by atoms with E-state index >= 15 is 0 Å². The van der Waals surface area contributed by atoms with Crippen molar-refractivity contribution in [1.29, 1.82) is 0 Å². The zero-order valence-corrected chi connectivity index (χ0v) is 11.5. The van der Waals surface area contributed by atoms with E-state index in [1.165, 1.54) is 18.5 Å². The second kappa shape index (κ2) is 5.88. The van der Waals surface area contributed by atoms with Gasteiger partial charge in [0.25, 0.3) is 0 Å². The van der Waals surface area contributed by atoms with Gasteiger partial charge in [-0.2, -0.15) is 5.10 Å². The summed E-state index contributed by atoms with van der Waals surface area (Å²) in [6, 6.07) is 4.44. The molecule has 8 nitrogen and oxygen atoms in total. The van der Waals surface area contributed by atoms with Crippen LogP contribution in [0.4, 0.5) is 11.4 Å². The fourth-order valence-electron chi connectivity index (χ4n) is 1.73. The normalized spacial score (nSPS) is 11.4. The van der Waals surface area contributed by atoms with Gasteiger partial charge in [-0.05, 0) is 24.6 Å². The molecule has 0 saturated heterocycles. The summed E-state index contributed by atoms with van der Waals surface area (Å²) in [6.45, 7) is 0.647. The van der Waals surface area contributed by atoms with E-state index < -0.39 is 10.0 Å². The lowest BCUT2D eigenvalue weighted by molar-refractivity contribution is 0.598. The second-order valence-electron chi connectivity index (χ2n) is 4.30. The number of hydrogen-bond acceptors (Lipinski definition) is 6. The van der Waals surface area contributed by atoms with Crippen molar-refractivity contribution in [2.24, 2.45) is 5.14 Å². The van der Waals surface area contributed by atoms with E-state index in [1.54, 1.807) is 6.07 Å². The van der Waals surface area contributed by atoms with Crippen LogP contribution in [0.3, 0.4) is 0 Å². The van der Waals surface area contributed by atoms with Crippen molar-refractivity contribution in [3.63, 3.8) is 0 Å². The minimum atomic E-state index is -3.76. The van der Waals surface area contributed by atoms with Crippen LogP contribution in [0.5, 0.6) is 0 Å². The molecule has 0 radical (unpaired) electrons. The van der Waals surface area contributed by atoms with Gasteiger partial charge in [0, 0.05) is 24.3 Å². The standard InChI is InChI=1S/C11H16N6O2S/c12-8-4-9(6-10(5-8)20(13,18)19)14-3-1-2-11-15-7-16-17-11/h4-7,14H,1-3,12H2,(H2,13,18,19)(H,15,16,17). The number of benzene rings is 1. The first kappa shape index (κ1) is 14.3. The Morgan fingerprint density at radius 1 is 1.30 bits per heavy atom. The molecule has 1 aromatic carbocycles. The largest absolute Gasteiger partial charge is 0.399 e. The number of aryl methyl sites for hydroxylation is 1. The molecule has 6 N–H and O–H groups in total. The van der Waals surface area contributed by atoms with Crippen molar-refractivity contribution < 1.29 is 8.42 Å². The van der Waals surface area contributed by atoms with Gasteiger partial charge in [0.15, 0.2) is 0 Å². The van der Waals surface area contributed by atoms with Gasteiger partial charge >= 0.3 is 0 Å². The first-order chi connectivity index (χ1) is 9.45. The van der Waals surface area contributed by atoms with Crippen molar-refractivity contribution in [2.75, 3.05) is 17.6 Å². The summed E-state index contributed by atoms with van der Waals surface area (Å²) >= 11 is 0. The molecule has 2 rings (SSSR count). The highest BCUT2D eigenvalue weighted by molar-refractivity contribution is 7.89. The molecule has 0 bridgehead atoms. The smallest absolute Gasteiger partial charge is 0.238 e. The SMILES string of the molecule is Nc1cc(NCCCc2ncn[nH]2)cc(S(N)(=O)=O)c1. The van der Waals surface area contributed by atoms with Crippen molar-refractivity contribution in [2.45, 2.75) is 17.7 Å². The lowest BCUT2D eigenvalue weighted by atomic mass is 10.2. The molecule has 1 heterocycles. The Labute approximate surface area is 116 Å². The van der Waals surface area contributed by atoms with E-state index in [1.807, 2.05) is 0 Å². The number of nitrogens with two attached hydrogens (primary N) is 2. The molecule has 108 valence electrons. The quantitative estimate of drug-likeness (QED) is 0.439. The zero-order valence-electron chi connectivity index (χ0n) is 10.7. The van der Waals surface area contributed by atoms with Crippen LogP contribution in [0.25, 0.3) is 0 Å². The Hall–Kier alpha value is -2.13. The highest BCUT2D eigenvalue weighted by Crippen LogP contribution is 2.19. The van der Waals surface area contributed by atoms with Crippen LogP contribution in [0.15, 0.2) is 29.4 Å². The lowest BCUT2D eigenvalue weighted by Gasteiger charge is -2.08. The van der Waals surface area contributed by atoms with Crippen molar-refractivity contribution >= 4 is 21.4 Å². The number of H-pyrrole nitrogens is 1. The molecule has 0 saturated carbocycles. The van der Waals surface area contributed by atoms with E-state index in [9.17, 15) is 8.42 Å². The van der Waals surface area contributed by atoms with E-state index in [0.717, 1.165) is 18.7 Å². The molecular weight excluding hydrogens is 280 g/mol. The topological polar surface area (TPSA) is 140 Å². The number of nitrogens with zero attached hydrogens (tertiary/aromatic N) is 2. The van der Waals surface area contributed by atoms with Crippen LogP contribution in [0, 0.1) is 0 Å². The van der Waals surface area contributed by atoms with Crippen LogP contribution < -0.4 is 16.2 Å². The van der Waals surface area contributed by atoms with Gasteiger partial charge in [0.05, 0.1) is 4.90 Å². The van der Waals surface area contributed by atoms with E-state index in [0.29, 0.717) is 17.9 Å². The second-order valence-corrected chi connectivity index (χ2v) is 5.86. The number of rotatable bonds is 6. The van der Waals surface area contributed by atoms with E-state index in [4.69, 9.17) is 10.9 Å². The number of nitrogens with one attached hydrogen (secondary N) is 2. The molecule has 0 fully saturated rings. The maximum atomic E-state index is 11.3. The summed E-state index contributed by atoms with van der Waals surface area (Å²) in [5.41, 5.74) is 6.61. The number of aromatic nitrogens is 3. The Morgan fingerprint density at radius 3 is 2.75 bits per heavy atom. The monoisotopic (exact) mass is 296 g/mol. The molecule has 0 aliphatic rings. The summed E-state index contributed by atoms with van der Waals surface area (Å²) in [5.74, 6) is 0.810. The molecule has 0 amide bonds. The minimum absolute atomic E-state index is 0.00441. The van der Waals surface area contributed by atoms with Crippen LogP contribution in [0.1, 0.15) is 12.2 Å². The lowest BCUT2D eigenvalue weighted by Crippen LogP contribution is -2.13. The summed E-state index contributed by atoms with van der Waals surface area (Å²) in [6.07, 6.45) is 3.02. The fourth-order valence-corrected chi connectivity index (χ4v) is 2.32. The minimum Gasteiger partial charge on any atom is -0.399 e. The number of primary sulfonamides is 1. The molecular formula is C11H16N6O2S. The van der Waals surface area contributed by atoms with Gasteiger partial charge in [-0.25, -0.2) is 18.5 Å². The molecule has 0 aliphatic carbocycles. The van der Waals surface area contributed by atoms with Crippen LogP contribution in [0.2, 0.25) is 0 Å². The summed E-state index contributed by atoms with van der Waals surface area (Å²) in [4.78, 5) is 4.01. The highest BCUT2D eigenvalue weighted by atomic mass is 32.2. The molecule has 0 aliphatic heterocycles. The Bertz CT molecular complexity index is 668. The number of sulfonamides is 1. The van der Waals surface area contributed by atoms with E-state index in [-0.39, 0.29) is 4.90 Å². The summed E-state index contributed by atoms with van der Waals surface area (Å²) < 4.78 is 22.6. The maximum absolute atomic E-state index is 11.3. The Balaban J connectivity index is 1.94. The van der Waals surface area contributed by atoms with Gasteiger partial charge in [0.1, 0.15) is 12.2 Å². The van der Waals surface area contributed by atoms with Gasteiger partial charge in [-0.3, -0.25) is 5.10 Å². The van der Waals surface area contributed by atoms with E-state index in [2.05, 4.69) is 20.5 Å². The molecule has 0 spiro atoms. The third-order valence-electron chi connectivity index (χ3n) is 2.64.